The average molecular weight is 428 g/mol. The van der Waals surface area contributed by atoms with Crippen LogP contribution in [0.4, 0.5) is 21.0 Å². The van der Waals surface area contributed by atoms with Crippen LogP contribution in [0.2, 0.25) is 0 Å². The Morgan fingerprint density at radius 1 is 1.26 bits per heavy atom. The minimum atomic E-state index is -8.55. The van der Waals surface area contributed by atoms with Crippen molar-refractivity contribution in [1.29, 1.82) is 5.26 Å². The van der Waals surface area contributed by atoms with Crippen LogP contribution in [-0.4, -0.2) is 74.2 Å². The Morgan fingerprint density at radius 3 is 2.11 bits per heavy atom. The van der Waals surface area contributed by atoms with Crippen molar-refractivity contribution in [3.63, 3.8) is 0 Å². The molecule has 27 heavy (non-hydrogen) atoms. The SMILES string of the molecule is CCOC(=O)/C(C#N)=N/OC(N1CCOCC1)=[N+](C)C.FP(F)(F)(F)F.[F-]. The molecule has 158 valence electrons. The molecule has 1 aliphatic rings. The quantitative estimate of drug-likeness (QED) is 0.113. The van der Waals surface area contributed by atoms with Crippen LogP contribution in [0.3, 0.4) is 0 Å². The van der Waals surface area contributed by atoms with Gasteiger partial charge in [0.05, 0.1) is 33.9 Å². The number of rotatable bonds is 3. The molecule has 1 heterocycles. The average Bonchev–Trinajstić information content (AvgIpc) is 2.50. The minimum Gasteiger partial charge on any atom is -1.00 e. The summed E-state index contributed by atoms with van der Waals surface area (Å²) in [4.78, 5) is 18.6. The van der Waals surface area contributed by atoms with Gasteiger partial charge in [-0.3, -0.25) is 4.84 Å². The first-order valence-corrected chi connectivity index (χ1v) is 8.82. The molecule has 0 aliphatic carbocycles. The maximum Gasteiger partial charge on any atom is -1.00 e. The molecule has 0 N–H and O–H groups in total. The molecule has 1 fully saturated rings. The van der Waals surface area contributed by atoms with Gasteiger partial charge in [0.1, 0.15) is 19.2 Å². The Morgan fingerprint density at radius 2 is 1.74 bits per heavy atom. The third-order valence-corrected chi connectivity index (χ3v) is 2.46. The van der Waals surface area contributed by atoms with E-state index in [2.05, 4.69) is 5.16 Å². The fraction of sp³-hybridized carbons (Fsp3) is 0.667. The molecule has 0 atom stereocenters. The number of nitrogens with zero attached hydrogens (tertiary/aromatic N) is 4. The summed E-state index contributed by atoms with van der Waals surface area (Å²) in [6.07, 6.45) is 0. The molecular weight excluding hydrogens is 409 g/mol. The Hall–Kier alpha value is -2.13. The van der Waals surface area contributed by atoms with Crippen LogP contribution in [-0.2, 0) is 19.1 Å². The summed E-state index contributed by atoms with van der Waals surface area (Å²) in [5, 5.41) is 12.4. The van der Waals surface area contributed by atoms with Gasteiger partial charge >= 0.3 is 41.1 Å². The van der Waals surface area contributed by atoms with Crippen LogP contribution in [0.25, 0.3) is 0 Å². The predicted octanol–water partition coefficient (Wildman–Crippen LogP) is -0.628. The van der Waals surface area contributed by atoms with E-state index in [1.807, 2.05) is 4.90 Å². The van der Waals surface area contributed by atoms with Crippen molar-refractivity contribution in [1.82, 2.24) is 4.90 Å². The van der Waals surface area contributed by atoms with Crippen molar-refractivity contribution in [2.45, 2.75) is 6.92 Å². The molecule has 0 radical (unpaired) electrons. The first kappa shape index (κ1) is 27.1. The minimum absolute atomic E-state index is 0. The maximum atomic E-state index is 11.4. The summed E-state index contributed by atoms with van der Waals surface area (Å²) in [6, 6.07) is 2.11. The van der Waals surface area contributed by atoms with E-state index in [9.17, 15) is 25.8 Å². The van der Waals surface area contributed by atoms with E-state index in [1.54, 1.807) is 31.7 Å². The predicted molar refractivity (Wildman–Crippen MR) is 82.7 cm³/mol. The van der Waals surface area contributed by atoms with Crippen molar-refractivity contribution < 1.29 is 49.4 Å². The molecule has 0 saturated carbocycles. The molecule has 8 nitrogen and oxygen atoms in total. The van der Waals surface area contributed by atoms with Crippen molar-refractivity contribution in [2.75, 3.05) is 47.0 Å². The Kier molecular flexibility index (Phi) is 11.6. The second kappa shape index (κ2) is 11.6. The number of oxime groups is 1. The van der Waals surface area contributed by atoms with E-state index in [-0.39, 0.29) is 11.3 Å². The number of carbonyl (C=O) groups excluding carboxylic acids is 1. The fourth-order valence-corrected chi connectivity index (χ4v) is 1.57. The summed E-state index contributed by atoms with van der Waals surface area (Å²) in [5.74, 6) is -0.796. The van der Waals surface area contributed by atoms with E-state index < -0.39 is 19.8 Å². The van der Waals surface area contributed by atoms with Gasteiger partial charge in [0, 0.05) is 0 Å². The molecule has 1 aliphatic heterocycles. The second-order valence-electron chi connectivity index (χ2n) is 4.78. The van der Waals surface area contributed by atoms with Gasteiger partial charge in [-0.1, -0.05) is 5.16 Å². The van der Waals surface area contributed by atoms with Gasteiger partial charge in [0.2, 0.25) is 0 Å². The standard InChI is InChI=1S/C12H19N4O4.F5P.FH/c1-4-19-11(17)10(9-13)14-20-12(15(2)3)16-5-7-18-8-6-16;1-6(2,3,4)5;/h4-8H2,1-3H3;;1H/q+1;;/p-1/b14-10+;;. The number of halogens is 6. The monoisotopic (exact) mass is 428 g/mol. The maximum absolute atomic E-state index is 11.4. The summed E-state index contributed by atoms with van der Waals surface area (Å²) < 4.78 is 60.9. The van der Waals surface area contributed by atoms with E-state index in [1.165, 1.54) is 0 Å². The first-order chi connectivity index (χ1) is 11.8. The largest absolute Gasteiger partial charge is 1.00 e. The molecule has 0 spiro atoms. The van der Waals surface area contributed by atoms with Crippen LogP contribution in [0, 0.1) is 11.3 Å². The second-order valence-corrected chi connectivity index (χ2v) is 6.06. The van der Waals surface area contributed by atoms with Gasteiger partial charge in [-0.05, 0) is 6.92 Å². The summed E-state index contributed by atoms with van der Waals surface area (Å²) >= 11 is 0. The Balaban J connectivity index is 0. The normalized spacial score (nSPS) is 15.6. The summed E-state index contributed by atoms with van der Waals surface area (Å²) in [5.41, 5.74) is -0.417. The Labute approximate surface area is 151 Å². The van der Waals surface area contributed by atoms with Gasteiger partial charge in [0.25, 0.3) is 5.71 Å². The van der Waals surface area contributed by atoms with E-state index >= 15 is 0 Å². The van der Waals surface area contributed by atoms with Crippen molar-refractivity contribution in [3.8, 4) is 6.07 Å². The Bertz CT molecular complexity index is 576. The molecule has 15 heteroatoms. The smallest absolute Gasteiger partial charge is 1.00 e. The number of morpholine rings is 1. The zero-order valence-corrected chi connectivity index (χ0v) is 15.6. The first-order valence-electron chi connectivity index (χ1n) is 7.13. The number of amidine groups is 1. The topological polar surface area (TPSA) is 87.2 Å². The molecular formula is C12H19F6N4O4P. The number of hydrogen-bond donors (Lipinski definition) is 0. The molecule has 0 aromatic carbocycles. The van der Waals surface area contributed by atoms with Gasteiger partial charge < -0.3 is 14.2 Å². The van der Waals surface area contributed by atoms with E-state index in [0.29, 0.717) is 32.3 Å². The van der Waals surface area contributed by atoms with Crippen LogP contribution >= 0.6 is 8.16 Å². The van der Waals surface area contributed by atoms with Crippen molar-refractivity contribution in [2.24, 2.45) is 5.16 Å². The van der Waals surface area contributed by atoms with Gasteiger partial charge in [-0.2, -0.15) is 5.26 Å². The number of esters is 1. The molecule has 0 aromatic heterocycles. The number of nitriles is 1. The zero-order chi connectivity index (χ0) is 20.4. The molecule has 0 aromatic rings. The summed E-state index contributed by atoms with van der Waals surface area (Å²) in [6.45, 7) is 4.32. The van der Waals surface area contributed by atoms with Gasteiger partial charge in [-0.25, -0.2) is 14.3 Å². The third kappa shape index (κ3) is 14.7. The van der Waals surface area contributed by atoms with Crippen LogP contribution in [0.1, 0.15) is 6.92 Å². The number of ether oxygens (including phenoxy) is 2. The van der Waals surface area contributed by atoms with Crippen LogP contribution in [0.5, 0.6) is 0 Å². The molecule has 0 amide bonds. The van der Waals surface area contributed by atoms with E-state index in [0.717, 1.165) is 0 Å². The van der Waals surface area contributed by atoms with Crippen molar-refractivity contribution in [3.05, 3.63) is 0 Å². The zero-order valence-electron chi connectivity index (χ0n) is 14.7. The van der Waals surface area contributed by atoms with Gasteiger partial charge in [-0.15, -0.1) is 0 Å². The van der Waals surface area contributed by atoms with Crippen LogP contribution < -0.4 is 4.70 Å². The van der Waals surface area contributed by atoms with E-state index in [4.69, 9.17) is 19.6 Å². The fourth-order valence-electron chi connectivity index (χ4n) is 1.57. The molecule has 1 rings (SSSR count). The molecule has 0 unspecified atom stereocenters. The number of hydrogen-bond acceptors (Lipinski definition) is 6. The molecule has 0 bridgehead atoms. The summed E-state index contributed by atoms with van der Waals surface area (Å²) in [7, 11) is -4.97. The van der Waals surface area contributed by atoms with Crippen LogP contribution in [0.15, 0.2) is 5.16 Å². The molecule has 1 saturated heterocycles. The third-order valence-electron chi connectivity index (χ3n) is 2.46. The number of carbonyl (C=O) groups is 1. The van der Waals surface area contributed by atoms with Gasteiger partial charge in [0.15, 0.2) is 0 Å². The van der Waals surface area contributed by atoms with Crippen molar-refractivity contribution >= 4 is 25.9 Å².